The minimum Gasteiger partial charge on any atom is -0.502 e. The highest BCUT2D eigenvalue weighted by atomic mass is 19.4. The van der Waals surface area contributed by atoms with E-state index in [2.05, 4.69) is 11.9 Å². The van der Waals surface area contributed by atoms with Gasteiger partial charge in [0.15, 0.2) is 11.4 Å². The molecule has 1 atom stereocenters. The number of pyridine rings is 1. The molecule has 1 saturated heterocycles. The lowest BCUT2D eigenvalue weighted by molar-refractivity contribution is -0.145. The highest BCUT2D eigenvalue weighted by molar-refractivity contribution is 5.99. The van der Waals surface area contributed by atoms with Gasteiger partial charge in [-0.2, -0.15) is 13.2 Å². The summed E-state index contributed by atoms with van der Waals surface area (Å²) in [5.41, 5.74) is -2.39. The molecule has 0 spiro atoms. The average molecular weight is 498 g/mol. The number of hydrogen-bond donors (Lipinski definition) is 2. The van der Waals surface area contributed by atoms with Crippen molar-refractivity contribution in [3.63, 3.8) is 0 Å². The zero-order valence-electron chi connectivity index (χ0n) is 18.0. The second kappa shape index (κ2) is 8.71. The molecule has 0 radical (unpaired) electrons. The lowest BCUT2D eigenvalue weighted by atomic mass is 10.0. The van der Waals surface area contributed by atoms with Crippen molar-refractivity contribution in [2.24, 2.45) is 0 Å². The molecule has 2 N–H and O–H groups in total. The molecule has 2 amide bonds. The molecule has 2 aliphatic heterocycles. The molecule has 0 aliphatic carbocycles. The number of rotatable bonds is 4. The molecule has 0 saturated carbocycles. The predicted molar refractivity (Wildman–Crippen MR) is 112 cm³/mol. The zero-order valence-corrected chi connectivity index (χ0v) is 18.0. The molecule has 8 nitrogen and oxygen atoms in total. The van der Waals surface area contributed by atoms with Crippen LogP contribution in [0.1, 0.15) is 39.3 Å². The first kappa shape index (κ1) is 24.2. The molecular formula is C22H19F5N4O4. The third-order valence-electron chi connectivity index (χ3n) is 5.78. The number of benzene rings is 1. The maximum Gasteiger partial charge on any atom is 0.406 e. The maximum atomic E-state index is 13.9. The van der Waals surface area contributed by atoms with E-state index < -0.39 is 71.3 Å². The molecule has 0 unspecified atom stereocenters. The van der Waals surface area contributed by atoms with Crippen molar-refractivity contribution >= 4 is 11.8 Å². The van der Waals surface area contributed by atoms with Crippen LogP contribution in [0, 0.1) is 11.6 Å². The first-order valence-corrected chi connectivity index (χ1v) is 10.4. The molecule has 3 heterocycles. The summed E-state index contributed by atoms with van der Waals surface area (Å²) < 4.78 is 67.6. The molecule has 2 aromatic rings. The predicted octanol–water partition coefficient (Wildman–Crippen LogP) is 2.39. The van der Waals surface area contributed by atoms with Gasteiger partial charge in [-0.25, -0.2) is 8.78 Å². The van der Waals surface area contributed by atoms with Gasteiger partial charge in [0.1, 0.15) is 29.9 Å². The van der Waals surface area contributed by atoms with E-state index in [1.54, 1.807) is 0 Å². The van der Waals surface area contributed by atoms with Gasteiger partial charge in [0.2, 0.25) is 5.43 Å². The van der Waals surface area contributed by atoms with Crippen LogP contribution >= 0.6 is 0 Å². The van der Waals surface area contributed by atoms with Crippen molar-refractivity contribution in [2.45, 2.75) is 31.7 Å². The van der Waals surface area contributed by atoms with Crippen molar-refractivity contribution in [1.29, 1.82) is 0 Å². The van der Waals surface area contributed by atoms with Gasteiger partial charge < -0.3 is 15.3 Å². The van der Waals surface area contributed by atoms with E-state index in [0.29, 0.717) is 29.4 Å². The highest BCUT2D eigenvalue weighted by Crippen LogP contribution is 2.33. The van der Waals surface area contributed by atoms with Crippen LogP contribution in [0.4, 0.5) is 22.0 Å². The third kappa shape index (κ3) is 4.45. The van der Waals surface area contributed by atoms with Crippen LogP contribution in [-0.4, -0.2) is 51.9 Å². The quantitative estimate of drug-likeness (QED) is 0.499. The minimum absolute atomic E-state index is 0.0765. The Balaban J connectivity index is 1.73. The Morgan fingerprint density at radius 1 is 1.23 bits per heavy atom. The summed E-state index contributed by atoms with van der Waals surface area (Å²) in [4.78, 5) is 38.9. The number of fused-ring (bicyclic) bond motifs is 3. The second-order valence-electron chi connectivity index (χ2n) is 8.18. The molecule has 1 aromatic heterocycles. The zero-order chi connectivity index (χ0) is 25.7. The molecule has 0 bridgehead atoms. The van der Waals surface area contributed by atoms with E-state index in [1.165, 1.54) is 5.01 Å². The van der Waals surface area contributed by atoms with Gasteiger partial charge in [-0.05, 0) is 24.5 Å². The topological polar surface area (TPSA) is 94.9 Å². The number of hydrogen-bond acceptors (Lipinski definition) is 5. The monoisotopic (exact) mass is 498 g/mol. The summed E-state index contributed by atoms with van der Waals surface area (Å²) in [6, 6.07) is 2.69. The van der Waals surface area contributed by atoms with Crippen LogP contribution < -0.4 is 15.8 Å². The van der Waals surface area contributed by atoms with E-state index in [1.807, 2.05) is 0 Å². The number of aromatic nitrogens is 1. The van der Waals surface area contributed by atoms with Gasteiger partial charge in [-0.15, -0.1) is 0 Å². The standard InChI is InChI=1S/C22H19F5N4O4/c1-11-3-2-6-30-20(11)29(10-22(25,26)27)21(35)16-18(33)17(32)14(9-31(16)30)19(34)28-8-12-4-5-13(23)7-15(12)24/h4-5,7,9,20,33H,1-3,6,8,10H2,(H,28,34)/t20-/m0/s1. The fourth-order valence-corrected chi connectivity index (χ4v) is 4.22. The lowest BCUT2D eigenvalue weighted by Crippen LogP contribution is -2.65. The largest absolute Gasteiger partial charge is 0.502 e. The average Bonchev–Trinajstić information content (AvgIpc) is 2.77. The molecule has 1 aromatic carbocycles. The molecule has 2 aliphatic rings. The molecule has 4 rings (SSSR count). The molecular weight excluding hydrogens is 479 g/mol. The number of carbonyl (C=O) groups excluding carboxylic acids is 2. The fraction of sp³-hybridized carbons (Fsp3) is 0.318. The maximum absolute atomic E-state index is 13.9. The number of piperidine rings is 1. The van der Waals surface area contributed by atoms with Crippen LogP contribution in [-0.2, 0) is 6.54 Å². The Morgan fingerprint density at radius 2 is 1.94 bits per heavy atom. The SMILES string of the molecule is C=C1CCCN2[C@@H]1N(CC(F)(F)F)C(=O)c1c(O)c(=O)c(C(=O)NCc3ccc(F)cc3F)cn12. The van der Waals surface area contributed by atoms with Crippen molar-refractivity contribution in [1.82, 2.24) is 14.9 Å². The van der Waals surface area contributed by atoms with Gasteiger partial charge in [0.25, 0.3) is 11.8 Å². The number of nitrogens with one attached hydrogen (secondary N) is 1. The van der Waals surface area contributed by atoms with Crippen molar-refractivity contribution in [3.8, 4) is 5.75 Å². The first-order valence-electron chi connectivity index (χ1n) is 10.4. The van der Waals surface area contributed by atoms with Crippen LogP contribution in [0.3, 0.4) is 0 Å². The van der Waals surface area contributed by atoms with Gasteiger partial charge in [-0.1, -0.05) is 12.6 Å². The summed E-state index contributed by atoms with van der Waals surface area (Å²) in [6.45, 7) is 1.86. The Kier molecular flexibility index (Phi) is 6.03. The number of halogens is 5. The second-order valence-corrected chi connectivity index (χ2v) is 8.18. The summed E-state index contributed by atoms with van der Waals surface area (Å²) in [5.74, 6) is -5.24. The van der Waals surface area contributed by atoms with Crippen molar-refractivity contribution in [2.75, 3.05) is 18.1 Å². The van der Waals surface area contributed by atoms with Gasteiger partial charge >= 0.3 is 6.18 Å². The van der Waals surface area contributed by atoms with Crippen LogP contribution in [0.25, 0.3) is 0 Å². The number of carbonyl (C=O) groups is 2. The lowest BCUT2D eigenvalue weighted by Gasteiger charge is -2.49. The minimum atomic E-state index is -4.76. The summed E-state index contributed by atoms with van der Waals surface area (Å²) in [7, 11) is 0. The Bertz CT molecular complexity index is 1290. The van der Waals surface area contributed by atoms with Gasteiger partial charge in [0, 0.05) is 30.9 Å². The van der Waals surface area contributed by atoms with Crippen molar-refractivity contribution in [3.05, 3.63) is 75.2 Å². The number of amides is 2. The van der Waals surface area contributed by atoms with Crippen LogP contribution in [0.2, 0.25) is 0 Å². The number of nitrogens with zero attached hydrogens (tertiary/aromatic N) is 3. The fourth-order valence-electron chi connectivity index (χ4n) is 4.22. The summed E-state index contributed by atoms with van der Waals surface area (Å²) >= 11 is 0. The normalized spacial score (nSPS) is 17.8. The Hall–Kier alpha value is -3.90. The molecule has 1 fully saturated rings. The van der Waals surface area contributed by atoms with Crippen LogP contribution in [0.15, 0.2) is 41.3 Å². The van der Waals surface area contributed by atoms with E-state index in [-0.39, 0.29) is 12.1 Å². The number of alkyl halides is 3. The van der Waals surface area contributed by atoms with Crippen molar-refractivity contribution < 1.29 is 36.6 Å². The smallest absolute Gasteiger partial charge is 0.406 e. The van der Waals surface area contributed by atoms with Crippen LogP contribution in [0.5, 0.6) is 5.75 Å². The molecule has 186 valence electrons. The number of aromatic hydroxyl groups is 1. The van der Waals surface area contributed by atoms with E-state index in [9.17, 15) is 41.4 Å². The van der Waals surface area contributed by atoms with E-state index in [0.717, 1.165) is 23.0 Å². The summed E-state index contributed by atoms with van der Waals surface area (Å²) in [6.07, 6.45) is -4.21. The summed E-state index contributed by atoms with van der Waals surface area (Å²) in [5, 5.41) is 14.1. The van der Waals surface area contributed by atoms with Gasteiger partial charge in [0.05, 0.1) is 0 Å². The van der Waals surface area contributed by atoms with Gasteiger partial charge in [-0.3, -0.25) is 24.1 Å². The molecule has 13 heteroatoms. The third-order valence-corrected chi connectivity index (χ3v) is 5.78. The first-order chi connectivity index (χ1) is 16.4. The Labute approximate surface area is 194 Å². The molecule has 35 heavy (non-hydrogen) atoms. The Morgan fingerprint density at radius 3 is 2.60 bits per heavy atom. The van der Waals surface area contributed by atoms with E-state index in [4.69, 9.17) is 0 Å². The van der Waals surface area contributed by atoms with E-state index >= 15 is 0 Å². The highest BCUT2D eigenvalue weighted by Gasteiger charge is 2.47.